The first kappa shape index (κ1) is 21.5. The number of aromatic nitrogens is 3. The van der Waals surface area contributed by atoms with Gasteiger partial charge in [0, 0.05) is 49.8 Å². The summed E-state index contributed by atoms with van der Waals surface area (Å²) >= 11 is 0. The lowest BCUT2D eigenvalue weighted by molar-refractivity contribution is -0.140. The summed E-state index contributed by atoms with van der Waals surface area (Å²) in [5, 5.41) is 19.0. The summed E-state index contributed by atoms with van der Waals surface area (Å²) in [6.45, 7) is 6.93. The lowest BCUT2D eigenvalue weighted by atomic mass is 9.90. The molecule has 0 aromatic carbocycles. The van der Waals surface area contributed by atoms with Crippen LogP contribution < -0.4 is 0 Å². The second-order valence-electron chi connectivity index (χ2n) is 9.39. The smallest absolute Gasteiger partial charge is 0.418 e. The van der Waals surface area contributed by atoms with Crippen molar-refractivity contribution in [2.24, 2.45) is 5.41 Å². The molecule has 11 nitrogen and oxygen atoms in total. The number of hydrogen-bond acceptors (Lipinski definition) is 7. The van der Waals surface area contributed by atoms with Crippen LogP contribution in [0.15, 0.2) is 12.3 Å². The molecule has 1 N–H and O–H groups in total. The number of imide groups is 1. The maximum absolute atomic E-state index is 13.2. The average molecular weight is 440 g/mol. The summed E-state index contributed by atoms with van der Waals surface area (Å²) < 4.78 is 7.40. The molecule has 0 radical (unpaired) electrons. The highest BCUT2D eigenvalue weighted by molar-refractivity contribution is 6.03. The van der Waals surface area contributed by atoms with Crippen molar-refractivity contribution in [2.45, 2.75) is 52.3 Å². The molecular formula is C21H24N6O5. The summed E-state index contributed by atoms with van der Waals surface area (Å²) in [5.41, 5.74) is -0.230. The van der Waals surface area contributed by atoms with Crippen LogP contribution in [-0.4, -0.2) is 66.2 Å². The third-order valence-corrected chi connectivity index (χ3v) is 5.75. The fourth-order valence-corrected chi connectivity index (χ4v) is 4.20. The normalized spacial score (nSPS) is 18.3. The molecule has 4 rings (SSSR count). The summed E-state index contributed by atoms with van der Waals surface area (Å²) in [5.74, 6) is -0.415. The van der Waals surface area contributed by atoms with Crippen LogP contribution in [0.2, 0.25) is 0 Å². The second-order valence-corrected chi connectivity index (χ2v) is 9.39. The van der Waals surface area contributed by atoms with Gasteiger partial charge in [0.05, 0.1) is 6.54 Å². The fraction of sp³-hybridized carbons (Fsp3) is 0.524. The van der Waals surface area contributed by atoms with Gasteiger partial charge < -0.3 is 19.3 Å². The zero-order valence-electron chi connectivity index (χ0n) is 18.2. The van der Waals surface area contributed by atoms with E-state index in [9.17, 15) is 19.6 Å². The quantitative estimate of drug-likeness (QED) is 0.766. The minimum atomic E-state index is -1.32. The van der Waals surface area contributed by atoms with Crippen molar-refractivity contribution in [3.05, 3.63) is 23.8 Å². The molecule has 2 saturated heterocycles. The van der Waals surface area contributed by atoms with Gasteiger partial charge in [-0.1, -0.05) is 20.8 Å². The minimum Gasteiger partial charge on any atom is -0.465 e. The average Bonchev–Trinajstić information content (AvgIpc) is 3.16. The van der Waals surface area contributed by atoms with Gasteiger partial charge >= 0.3 is 12.2 Å². The summed E-state index contributed by atoms with van der Waals surface area (Å²) in [4.78, 5) is 47.7. The van der Waals surface area contributed by atoms with Crippen LogP contribution in [0.1, 0.15) is 45.1 Å². The number of piperidine rings is 1. The molecule has 0 unspecified atom stereocenters. The van der Waals surface area contributed by atoms with E-state index in [1.807, 2.05) is 10.6 Å². The van der Waals surface area contributed by atoms with Crippen molar-refractivity contribution in [3.8, 4) is 6.07 Å². The number of likely N-dealkylation sites (tertiary alicyclic amines) is 1. The molecule has 2 fully saturated rings. The first-order chi connectivity index (χ1) is 15.0. The van der Waals surface area contributed by atoms with Gasteiger partial charge in [-0.05, 0) is 11.5 Å². The van der Waals surface area contributed by atoms with Crippen molar-refractivity contribution in [3.63, 3.8) is 0 Å². The molecule has 168 valence electrons. The molecule has 2 aliphatic heterocycles. The summed E-state index contributed by atoms with van der Waals surface area (Å²) in [6, 6.07) is 3.74. The van der Waals surface area contributed by atoms with Gasteiger partial charge in [0.25, 0.3) is 5.91 Å². The van der Waals surface area contributed by atoms with Crippen LogP contribution in [-0.2, 0) is 22.6 Å². The predicted octanol–water partition coefficient (Wildman–Crippen LogP) is 2.34. The molecule has 0 atom stereocenters. The topological polar surface area (TPSA) is 142 Å². The number of carboxylic acid groups (broad SMARTS) is 1. The monoisotopic (exact) mass is 440 g/mol. The molecular weight excluding hydrogens is 416 g/mol. The number of rotatable bonds is 3. The molecule has 0 bridgehead atoms. The van der Waals surface area contributed by atoms with E-state index in [4.69, 9.17) is 9.84 Å². The molecule has 0 aliphatic carbocycles. The van der Waals surface area contributed by atoms with Gasteiger partial charge in [-0.15, -0.1) is 0 Å². The molecule has 1 spiro atoms. The fourth-order valence-electron chi connectivity index (χ4n) is 4.20. The van der Waals surface area contributed by atoms with Crippen LogP contribution in [0.25, 0.3) is 11.0 Å². The van der Waals surface area contributed by atoms with E-state index in [0.717, 1.165) is 4.90 Å². The Morgan fingerprint density at radius 1 is 1.31 bits per heavy atom. The lowest BCUT2D eigenvalue weighted by Crippen LogP contribution is -2.51. The van der Waals surface area contributed by atoms with Crippen LogP contribution in [0.3, 0.4) is 0 Å². The van der Waals surface area contributed by atoms with Crippen molar-refractivity contribution >= 4 is 29.1 Å². The molecule has 3 amide bonds. The van der Waals surface area contributed by atoms with E-state index in [-0.39, 0.29) is 43.7 Å². The highest BCUT2D eigenvalue weighted by atomic mass is 16.6. The van der Waals surface area contributed by atoms with Crippen molar-refractivity contribution in [2.75, 3.05) is 13.1 Å². The lowest BCUT2D eigenvalue weighted by Gasteiger charge is -2.34. The number of amides is 3. The molecule has 11 heteroatoms. The minimum absolute atomic E-state index is 0.0175. The molecule has 0 saturated carbocycles. The van der Waals surface area contributed by atoms with E-state index in [1.54, 1.807) is 12.3 Å². The number of hydrogen-bond donors (Lipinski definition) is 1. The Morgan fingerprint density at radius 2 is 2.00 bits per heavy atom. The highest BCUT2D eigenvalue weighted by Gasteiger charge is 2.55. The van der Waals surface area contributed by atoms with Crippen LogP contribution in [0.5, 0.6) is 0 Å². The number of nitriles is 1. The van der Waals surface area contributed by atoms with Gasteiger partial charge in [-0.3, -0.25) is 4.79 Å². The third kappa shape index (κ3) is 3.72. The number of carbonyl (C=O) groups excluding carboxylic acids is 2. The highest BCUT2D eigenvalue weighted by Crippen LogP contribution is 2.36. The SMILES string of the molecule is CC(C)(C)Cn1c(CN2C(=O)OC3(CCN(C(=O)O)CC3)C2=O)cc2cnc(C#N)nc21. The molecule has 4 heterocycles. The Morgan fingerprint density at radius 3 is 2.59 bits per heavy atom. The van der Waals surface area contributed by atoms with E-state index >= 15 is 0 Å². The van der Waals surface area contributed by atoms with Crippen LogP contribution in [0, 0.1) is 16.7 Å². The Balaban J connectivity index is 1.65. The number of nitrogens with zero attached hydrogens (tertiary/aromatic N) is 6. The molecule has 32 heavy (non-hydrogen) atoms. The van der Waals surface area contributed by atoms with Crippen molar-refractivity contribution < 1.29 is 24.2 Å². The van der Waals surface area contributed by atoms with Crippen LogP contribution >= 0.6 is 0 Å². The Hall–Kier alpha value is -3.68. The molecule has 2 aromatic rings. The largest absolute Gasteiger partial charge is 0.465 e. The zero-order chi connectivity index (χ0) is 23.3. The summed E-state index contributed by atoms with van der Waals surface area (Å²) in [6.07, 6.45) is 0.00904. The van der Waals surface area contributed by atoms with Gasteiger partial charge in [-0.2, -0.15) is 5.26 Å². The van der Waals surface area contributed by atoms with E-state index in [1.165, 1.54) is 4.90 Å². The predicted molar refractivity (Wildman–Crippen MR) is 110 cm³/mol. The molecule has 2 aliphatic rings. The Kier molecular flexibility index (Phi) is 5.03. The number of carbonyl (C=O) groups is 3. The third-order valence-electron chi connectivity index (χ3n) is 5.75. The van der Waals surface area contributed by atoms with Gasteiger partial charge in [-0.25, -0.2) is 24.5 Å². The Labute approximate surface area is 184 Å². The van der Waals surface area contributed by atoms with E-state index in [2.05, 4.69) is 30.7 Å². The van der Waals surface area contributed by atoms with Crippen LogP contribution in [0.4, 0.5) is 9.59 Å². The first-order valence-corrected chi connectivity index (χ1v) is 10.3. The number of fused-ring (bicyclic) bond motifs is 1. The van der Waals surface area contributed by atoms with Crippen molar-refractivity contribution in [1.29, 1.82) is 5.26 Å². The molecule has 2 aromatic heterocycles. The zero-order valence-corrected chi connectivity index (χ0v) is 18.2. The maximum atomic E-state index is 13.2. The second kappa shape index (κ2) is 7.47. The summed E-state index contributed by atoms with van der Waals surface area (Å²) in [7, 11) is 0. The van der Waals surface area contributed by atoms with Crippen molar-refractivity contribution in [1.82, 2.24) is 24.3 Å². The number of ether oxygens (including phenoxy) is 1. The first-order valence-electron chi connectivity index (χ1n) is 10.3. The standard InChI is InChI=1S/C21H24N6O5/c1-20(2,3)12-27-14(8-13-10-23-15(9-22)24-16(13)27)11-26-17(28)21(32-19(26)31)4-6-25(7-5-21)18(29)30/h8,10H,4-7,11-12H2,1-3H3,(H,29,30). The van der Waals surface area contributed by atoms with Gasteiger partial charge in [0.2, 0.25) is 5.82 Å². The van der Waals surface area contributed by atoms with Gasteiger partial charge in [0.15, 0.2) is 5.60 Å². The maximum Gasteiger partial charge on any atom is 0.418 e. The van der Waals surface area contributed by atoms with E-state index < -0.39 is 23.7 Å². The van der Waals surface area contributed by atoms with E-state index in [0.29, 0.717) is 23.3 Å². The Bertz CT molecular complexity index is 1150. The van der Waals surface area contributed by atoms with Gasteiger partial charge in [0.1, 0.15) is 11.7 Å².